The maximum atomic E-state index is 14.9. The number of amides is 2. The number of ether oxygens (including phenoxy) is 1. The van der Waals surface area contributed by atoms with Crippen molar-refractivity contribution in [2.75, 3.05) is 39.5 Å². The van der Waals surface area contributed by atoms with Crippen LogP contribution in [0.3, 0.4) is 0 Å². The van der Waals surface area contributed by atoms with Gasteiger partial charge in [-0.25, -0.2) is 22.9 Å². The molecule has 2 aromatic carbocycles. The number of aromatic nitrogens is 2. The van der Waals surface area contributed by atoms with E-state index in [1.807, 2.05) is 55.7 Å². The molecule has 2 N–H and O–H groups in total. The third-order valence-corrected chi connectivity index (χ3v) is 7.05. The second-order valence-corrected chi connectivity index (χ2v) is 11.3. The molecular formula is C30H38F3N5O2. The highest BCUT2D eigenvalue weighted by Crippen LogP contribution is 2.40. The predicted molar refractivity (Wildman–Crippen MR) is 148 cm³/mol. The van der Waals surface area contributed by atoms with Gasteiger partial charge in [-0.2, -0.15) is 0 Å². The van der Waals surface area contributed by atoms with E-state index in [0.29, 0.717) is 38.7 Å². The average Bonchev–Trinajstić information content (AvgIpc) is 3.34. The van der Waals surface area contributed by atoms with Crippen molar-refractivity contribution in [2.45, 2.75) is 45.8 Å². The predicted octanol–water partition coefficient (Wildman–Crippen LogP) is 5.40. The molecule has 10 heteroatoms. The Morgan fingerprint density at radius 2 is 1.82 bits per heavy atom. The summed E-state index contributed by atoms with van der Waals surface area (Å²) in [7, 11) is 0. The van der Waals surface area contributed by atoms with Crippen LogP contribution in [0.5, 0.6) is 0 Å². The Bertz CT molecular complexity index is 1270. The number of urea groups is 1. The second-order valence-electron chi connectivity index (χ2n) is 11.3. The smallest absolute Gasteiger partial charge is 0.320 e. The number of hydrogen-bond donors (Lipinski definition) is 1. The van der Waals surface area contributed by atoms with Crippen LogP contribution in [0.2, 0.25) is 0 Å². The number of alkyl halides is 1. The molecule has 4 rings (SSSR count). The van der Waals surface area contributed by atoms with Gasteiger partial charge >= 0.3 is 6.03 Å². The van der Waals surface area contributed by atoms with Crippen molar-refractivity contribution in [2.24, 2.45) is 11.1 Å². The van der Waals surface area contributed by atoms with E-state index < -0.39 is 35.8 Å². The standard InChI is InChI=1S/C30H38F3N5O2/c1-30(2,3)27(38(12-11-23(34)18-31)29(39)36-13-15-40-16-14-36)28-35-26(24-17-22(32)9-10-25(24)33)20-37(28)19-21-7-5-4-6-8-21/h4-10,17,20,23,27H,11-16,18-19,34H2,1-3H3/t23-,27+/m1/s1. The van der Waals surface area contributed by atoms with Crippen molar-refractivity contribution in [3.63, 3.8) is 0 Å². The van der Waals surface area contributed by atoms with Crippen LogP contribution >= 0.6 is 0 Å². The van der Waals surface area contributed by atoms with E-state index in [9.17, 15) is 18.0 Å². The molecule has 1 aliphatic rings. The number of hydrogen-bond acceptors (Lipinski definition) is 4. The Morgan fingerprint density at radius 3 is 2.48 bits per heavy atom. The highest BCUT2D eigenvalue weighted by atomic mass is 19.1. The average molecular weight is 558 g/mol. The third kappa shape index (κ3) is 7.03. The summed E-state index contributed by atoms with van der Waals surface area (Å²) >= 11 is 0. The van der Waals surface area contributed by atoms with Gasteiger partial charge in [0.1, 0.15) is 24.1 Å². The highest BCUT2D eigenvalue weighted by Gasteiger charge is 2.40. The van der Waals surface area contributed by atoms with Crippen molar-refractivity contribution in [1.29, 1.82) is 0 Å². The van der Waals surface area contributed by atoms with E-state index >= 15 is 0 Å². The summed E-state index contributed by atoms with van der Waals surface area (Å²) in [4.78, 5) is 22.3. The Morgan fingerprint density at radius 1 is 1.12 bits per heavy atom. The molecule has 2 heterocycles. The number of carbonyl (C=O) groups is 1. The molecule has 0 spiro atoms. The minimum absolute atomic E-state index is 0.0335. The monoisotopic (exact) mass is 557 g/mol. The molecule has 1 aliphatic heterocycles. The van der Waals surface area contributed by atoms with Gasteiger partial charge in [0, 0.05) is 44.0 Å². The zero-order valence-corrected chi connectivity index (χ0v) is 23.3. The van der Waals surface area contributed by atoms with Gasteiger partial charge in [-0.15, -0.1) is 0 Å². The molecule has 1 saturated heterocycles. The van der Waals surface area contributed by atoms with Crippen LogP contribution in [-0.2, 0) is 11.3 Å². The summed E-state index contributed by atoms with van der Waals surface area (Å²) in [6, 6.07) is 11.4. The summed E-state index contributed by atoms with van der Waals surface area (Å²) in [5, 5.41) is 0. The van der Waals surface area contributed by atoms with Gasteiger partial charge in [0.15, 0.2) is 0 Å². The normalized spacial score (nSPS) is 15.6. The number of nitrogens with two attached hydrogens (primary N) is 1. The van der Waals surface area contributed by atoms with E-state index in [0.717, 1.165) is 23.8 Å². The fourth-order valence-electron chi connectivity index (χ4n) is 5.03. The zero-order valence-electron chi connectivity index (χ0n) is 23.3. The number of halogens is 3. The topological polar surface area (TPSA) is 76.6 Å². The number of carbonyl (C=O) groups excluding carboxylic acids is 1. The van der Waals surface area contributed by atoms with Gasteiger partial charge in [0.05, 0.1) is 24.9 Å². The van der Waals surface area contributed by atoms with Gasteiger partial charge in [0.2, 0.25) is 0 Å². The summed E-state index contributed by atoms with van der Waals surface area (Å²) in [5.74, 6) is -0.655. The molecule has 1 aromatic heterocycles. The van der Waals surface area contributed by atoms with Crippen LogP contribution in [-0.4, -0.2) is 70.9 Å². The first-order valence-corrected chi connectivity index (χ1v) is 13.6. The summed E-state index contributed by atoms with van der Waals surface area (Å²) in [5.41, 5.74) is 6.68. The van der Waals surface area contributed by atoms with Gasteiger partial charge in [-0.05, 0) is 35.6 Å². The number of imidazole rings is 1. The largest absolute Gasteiger partial charge is 0.378 e. The van der Waals surface area contributed by atoms with E-state index in [-0.39, 0.29) is 30.3 Å². The molecule has 1 fully saturated rings. The van der Waals surface area contributed by atoms with Gasteiger partial charge in [-0.3, -0.25) is 0 Å². The number of rotatable bonds is 9. The molecule has 2 amide bonds. The fraction of sp³-hybridized carbons (Fsp3) is 0.467. The van der Waals surface area contributed by atoms with Crippen LogP contribution in [0.1, 0.15) is 44.6 Å². The Labute approximate surface area is 233 Å². The van der Waals surface area contributed by atoms with Gasteiger partial charge in [0.25, 0.3) is 0 Å². The molecule has 0 radical (unpaired) electrons. The summed E-state index contributed by atoms with van der Waals surface area (Å²) in [6.45, 7) is 7.60. The first-order valence-electron chi connectivity index (χ1n) is 13.6. The van der Waals surface area contributed by atoms with Crippen LogP contribution in [0.15, 0.2) is 54.7 Å². The summed E-state index contributed by atoms with van der Waals surface area (Å²) < 4.78 is 49.8. The van der Waals surface area contributed by atoms with Gasteiger partial charge < -0.3 is 24.8 Å². The van der Waals surface area contributed by atoms with Crippen LogP contribution in [0.4, 0.5) is 18.0 Å². The van der Waals surface area contributed by atoms with E-state index in [2.05, 4.69) is 0 Å². The van der Waals surface area contributed by atoms with E-state index in [4.69, 9.17) is 15.5 Å². The van der Waals surface area contributed by atoms with Crippen molar-refractivity contribution < 1.29 is 22.7 Å². The second kappa shape index (κ2) is 12.9. The lowest BCUT2D eigenvalue weighted by Gasteiger charge is -2.43. The first-order chi connectivity index (χ1) is 19.1. The fourth-order valence-corrected chi connectivity index (χ4v) is 5.03. The molecule has 0 unspecified atom stereocenters. The lowest BCUT2D eigenvalue weighted by atomic mass is 9.84. The number of morpholine rings is 1. The minimum Gasteiger partial charge on any atom is -0.378 e. The maximum Gasteiger partial charge on any atom is 0.320 e. The Hall–Kier alpha value is -3.37. The van der Waals surface area contributed by atoms with Crippen molar-refractivity contribution in [1.82, 2.24) is 19.4 Å². The lowest BCUT2D eigenvalue weighted by Crippen LogP contribution is -2.52. The molecule has 216 valence electrons. The summed E-state index contributed by atoms with van der Waals surface area (Å²) in [6.07, 6.45) is 1.95. The molecule has 0 aliphatic carbocycles. The number of nitrogens with zero attached hydrogens (tertiary/aromatic N) is 4. The quantitative estimate of drug-likeness (QED) is 0.382. The van der Waals surface area contributed by atoms with Crippen LogP contribution in [0.25, 0.3) is 11.3 Å². The number of benzene rings is 2. The molecule has 0 saturated carbocycles. The van der Waals surface area contributed by atoms with Crippen molar-refractivity contribution >= 4 is 6.03 Å². The molecule has 40 heavy (non-hydrogen) atoms. The minimum atomic E-state index is -0.721. The van der Waals surface area contributed by atoms with Crippen molar-refractivity contribution in [3.05, 3.63) is 77.8 Å². The molecule has 2 atom stereocenters. The zero-order chi connectivity index (χ0) is 28.9. The van der Waals surface area contributed by atoms with E-state index in [1.165, 1.54) is 0 Å². The van der Waals surface area contributed by atoms with Crippen molar-refractivity contribution in [3.8, 4) is 11.3 Å². The highest BCUT2D eigenvalue weighted by molar-refractivity contribution is 5.75. The maximum absolute atomic E-state index is 14.9. The lowest BCUT2D eigenvalue weighted by molar-refractivity contribution is 0.0277. The third-order valence-electron chi connectivity index (χ3n) is 7.05. The molecule has 0 bridgehead atoms. The SMILES string of the molecule is CC(C)(C)[C@H](c1nc(-c2cc(F)ccc2F)cn1Cc1ccccc1)N(CC[C@@H](N)CF)C(=O)N1CCOCC1. The molecule has 7 nitrogen and oxygen atoms in total. The molecule has 3 aromatic rings. The molecular weight excluding hydrogens is 519 g/mol. The van der Waals surface area contributed by atoms with Crippen LogP contribution < -0.4 is 5.73 Å². The Kier molecular flexibility index (Phi) is 9.52. The first kappa shape index (κ1) is 29.6. The van der Waals surface area contributed by atoms with Crippen LogP contribution in [0, 0.1) is 17.0 Å². The Balaban J connectivity index is 1.85. The van der Waals surface area contributed by atoms with E-state index in [1.54, 1.807) is 16.0 Å². The van der Waals surface area contributed by atoms with Gasteiger partial charge in [-0.1, -0.05) is 51.1 Å².